The number of nitrogens with one attached hydrogen (secondary N) is 2. The molecule has 0 aliphatic rings. The smallest absolute Gasteiger partial charge is 0.238 e. The predicted molar refractivity (Wildman–Crippen MR) is 40.5 cm³/mol. The average molecular weight is 143 g/mol. The molecule has 0 aliphatic heterocycles. The van der Waals surface area contributed by atoms with Gasteiger partial charge in [0.1, 0.15) is 0 Å². The fourth-order valence-electron chi connectivity index (χ4n) is 0.541. The summed E-state index contributed by atoms with van der Waals surface area (Å²) in [4.78, 5) is 10.7. The highest BCUT2D eigenvalue weighted by molar-refractivity contribution is 5.80. The minimum Gasteiger partial charge on any atom is -0.355 e. The molecule has 0 rings (SSSR count). The second-order valence-corrected chi connectivity index (χ2v) is 2.37. The van der Waals surface area contributed by atoms with Gasteiger partial charge in [0, 0.05) is 6.54 Å². The molecule has 1 radical (unpaired) electrons. The highest BCUT2D eigenvalue weighted by atomic mass is 16.2. The van der Waals surface area contributed by atoms with Crippen molar-refractivity contribution in [3.8, 4) is 0 Å². The summed E-state index contributed by atoms with van der Waals surface area (Å²) in [5, 5.41) is 2.66. The van der Waals surface area contributed by atoms with Crippen LogP contribution >= 0.6 is 0 Å². The van der Waals surface area contributed by atoms with E-state index in [9.17, 15) is 4.79 Å². The van der Waals surface area contributed by atoms with E-state index >= 15 is 0 Å². The van der Waals surface area contributed by atoms with Gasteiger partial charge in [-0.05, 0) is 13.3 Å². The van der Waals surface area contributed by atoms with Gasteiger partial charge in [0.15, 0.2) is 0 Å². The Morgan fingerprint density at radius 3 is 2.70 bits per heavy atom. The molecule has 0 aromatic carbocycles. The van der Waals surface area contributed by atoms with Crippen LogP contribution in [-0.4, -0.2) is 18.5 Å². The van der Waals surface area contributed by atoms with Crippen LogP contribution in [0, 0.1) is 0 Å². The van der Waals surface area contributed by atoms with E-state index in [0.717, 1.165) is 12.8 Å². The molecule has 2 N–H and O–H groups in total. The van der Waals surface area contributed by atoms with Crippen LogP contribution in [-0.2, 0) is 4.79 Å². The van der Waals surface area contributed by atoms with Crippen molar-refractivity contribution in [2.45, 2.75) is 32.7 Å². The second kappa shape index (κ2) is 5.23. The van der Waals surface area contributed by atoms with Crippen molar-refractivity contribution in [3.05, 3.63) is 0 Å². The first-order valence-corrected chi connectivity index (χ1v) is 3.67. The van der Waals surface area contributed by atoms with Crippen LogP contribution in [0.25, 0.3) is 0 Å². The Kier molecular flexibility index (Phi) is 4.94. The molecule has 0 aliphatic carbocycles. The highest BCUT2D eigenvalue weighted by Gasteiger charge is 2.04. The van der Waals surface area contributed by atoms with Gasteiger partial charge in [-0.15, -0.1) is 0 Å². The number of carbonyl (C=O) groups excluding carboxylic acids is 1. The van der Waals surface area contributed by atoms with Gasteiger partial charge >= 0.3 is 0 Å². The lowest BCUT2D eigenvalue weighted by molar-refractivity contribution is -0.122. The minimum absolute atomic E-state index is 0.173. The molecule has 0 fully saturated rings. The van der Waals surface area contributed by atoms with Gasteiger partial charge in [-0.1, -0.05) is 13.3 Å². The minimum atomic E-state index is -0.628. The summed E-state index contributed by atoms with van der Waals surface area (Å²) in [5.41, 5.74) is 7.01. The number of hydrogen-bond donors (Lipinski definition) is 1. The maximum absolute atomic E-state index is 10.7. The Labute approximate surface area is 62.0 Å². The van der Waals surface area contributed by atoms with E-state index in [0.29, 0.717) is 6.54 Å². The van der Waals surface area contributed by atoms with Crippen molar-refractivity contribution in [1.29, 1.82) is 0 Å². The third-order valence-corrected chi connectivity index (χ3v) is 1.22. The van der Waals surface area contributed by atoms with E-state index < -0.39 is 6.04 Å². The van der Waals surface area contributed by atoms with Gasteiger partial charge in [0.25, 0.3) is 0 Å². The summed E-state index contributed by atoms with van der Waals surface area (Å²) in [6.45, 7) is 4.34. The summed E-state index contributed by atoms with van der Waals surface area (Å²) in [6, 6.07) is -0.628. The van der Waals surface area contributed by atoms with Crippen LogP contribution < -0.4 is 11.1 Å². The van der Waals surface area contributed by atoms with Crippen molar-refractivity contribution in [2.75, 3.05) is 6.54 Å². The molecule has 3 nitrogen and oxygen atoms in total. The maximum atomic E-state index is 10.7. The Morgan fingerprint density at radius 2 is 2.30 bits per heavy atom. The molecule has 10 heavy (non-hydrogen) atoms. The van der Waals surface area contributed by atoms with E-state index in [2.05, 4.69) is 12.2 Å². The molecule has 0 bridgehead atoms. The van der Waals surface area contributed by atoms with Crippen LogP contribution in [0.5, 0.6) is 0 Å². The zero-order valence-corrected chi connectivity index (χ0v) is 6.61. The first-order chi connectivity index (χ1) is 4.68. The lowest BCUT2D eigenvalue weighted by Gasteiger charge is -2.04. The number of amides is 1. The summed E-state index contributed by atoms with van der Waals surface area (Å²) < 4.78 is 0. The quantitative estimate of drug-likeness (QED) is 0.575. The molecule has 0 heterocycles. The number of carbonyl (C=O) groups is 1. The Balaban J connectivity index is 3.22. The fraction of sp³-hybridized carbons (Fsp3) is 0.857. The first kappa shape index (κ1) is 9.43. The number of unbranched alkanes of at least 4 members (excludes halogenated alkanes) is 1. The van der Waals surface area contributed by atoms with Crippen LogP contribution in [0.2, 0.25) is 0 Å². The second-order valence-electron chi connectivity index (χ2n) is 2.37. The molecule has 0 aromatic rings. The topological polar surface area (TPSA) is 52.9 Å². The molecule has 0 saturated heterocycles. The molecule has 59 valence electrons. The molecular weight excluding hydrogens is 128 g/mol. The van der Waals surface area contributed by atoms with Crippen LogP contribution in [0.15, 0.2) is 0 Å². The first-order valence-electron chi connectivity index (χ1n) is 3.67. The lowest BCUT2D eigenvalue weighted by Crippen LogP contribution is -2.33. The molecule has 1 amide bonds. The van der Waals surface area contributed by atoms with Crippen LogP contribution in [0.4, 0.5) is 0 Å². The third-order valence-electron chi connectivity index (χ3n) is 1.22. The van der Waals surface area contributed by atoms with Gasteiger partial charge in [-0.3, -0.25) is 4.79 Å². The maximum Gasteiger partial charge on any atom is 0.238 e. The van der Waals surface area contributed by atoms with Gasteiger partial charge in [-0.25, -0.2) is 5.73 Å². The Morgan fingerprint density at radius 1 is 1.70 bits per heavy atom. The van der Waals surface area contributed by atoms with Gasteiger partial charge in [0.2, 0.25) is 5.91 Å². The summed E-state index contributed by atoms with van der Waals surface area (Å²) in [7, 11) is 0. The van der Waals surface area contributed by atoms with E-state index in [1.807, 2.05) is 0 Å². The molecular formula is C7H15N2O. The Hall–Kier alpha value is -0.570. The van der Waals surface area contributed by atoms with Crippen molar-refractivity contribution in [2.24, 2.45) is 0 Å². The highest BCUT2D eigenvalue weighted by Crippen LogP contribution is 1.83. The molecule has 0 aromatic heterocycles. The normalized spacial score (nSPS) is 12.7. The molecule has 0 saturated carbocycles. The summed E-state index contributed by atoms with van der Waals surface area (Å²) >= 11 is 0. The van der Waals surface area contributed by atoms with Crippen molar-refractivity contribution in [3.63, 3.8) is 0 Å². The monoisotopic (exact) mass is 143 g/mol. The van der Waals surface area contributed by atoms with E-state index in [-0.39, 0.29) is 5.91 Å². The lowest BCUT2D eigenvalue weighted by atomic mass is 10.3. The van der Waals surface area contributed by atoms with E-state index in [1.165, 1.54) is 0 Å². The zero-order chi connectivity index (χ0) is 7.98. The van der Waals surface area contributed by atoms with E-state index in [1.54, 1.807) is 6.92 Å². The molecule has 3 heteroatoms. The van der Waals surface area contributed by atoms with Gasteiger partial charge in [-0.2, -0.15) is 0 Å². The number of hydrogen-bond acceptors (Lipinski definition) is 1. The van der Waals surface area contributed by atoms with E-state index in [4.69, 9.17) is 5.73 Å². The van der Waals surface area contributed by atoms with Crippen molar-refractivity contribution < 1.29 is 4.79 Å². The van der Waals surface area contributed by atoms with Gasteiger partial charge in [0.05, 0.1) is 6.04 Å². The average Bonchev–Trinajstić information content (AvgIpc) is 1.88. The zero-order valence-electron chi connectivity index (χ0n) is 6.61. The van der Waals surface area contributed by atoms with Crippen molar-refractivity contribution in [1.82, 2.24) is 11.1 Å². The fourth-order valence-corrected chi connectivity index (χ4v) is 0.541. The van der Waals surface area contributed by atoms with Crippen LogP contribution in [0.1, 0.15) is 26.7 Å². The standard InChI is InChI=1S/C7H15N2O/c1-3-4-5-9-7(10)6(2)8/h6,8H,3-5H2,1-2H3,(H,9,10). The predicted octanol–water partition coefficient (Wildman–Crippen LogP) is 0.574. The van der Waals surface area contributed by atoms with Crippen LogP contribution in [0.3, 0.4) is 0 Å². The molecule has 1 unspecified atom stereocenters. The SMILES string of the molecule is CCCCNC(=O)C(C)[NH]. The van der Waals surface area contributed by atoms with Gasteiger partial charge < -0.3 is 5.32 Å². The largest absolute Gasteiger partial charge is 0.355 e. The number of rotatable bonds is 4. The van der Waals surface area contributed by atoms with Crippen molar-refractivity contribution >= 4 is 5.91 Å². The third kappa shape index (κ3) is 4.32. The molecule has 1 atom stereocenters. The molecule has 0 spiro atoms. The Bertz CT molecular complexity index is 102. The summed E-state index contributed by atoms with van der Waals surface area (Å²) in [6.07, 6.45) is 2.07. The summed E-state index contributed by atoms with van der Waals surface area (Å²) in [5.74, 6) is -0.173.